The van der Waals surface area contributed by atoms with Gasteiger partial charge in [-0.25, -0.2) is 18.1 Å². The van der Waals surface area contributed by atoms with Crippen LogP contribution in [0.5, 0.6) is 0 Å². The second kappa shape index (κ2) is 9.28. The van der Waals surface area contributed by atoms with Crippen LogP contribution in [-0.2, 0) is 32.5 Å². The van der Waals surface area contributed by atoms with Gasteiger partial charge in [-0.3, -0.25) is 4.57 Å². The van der Waals surface area contributed by atoms with Crippen molar-refractivity contribution in [2.75, 3.05) is 13.7 Å². The van der Waals surface area contributed by atoms with Crippen molar-refractivity contribution in [3.8, 4) is 0 Å². The maximum absolute atomic E-state index is 12.4. The summed E-state index contributed by atoms with van der Waals surface area (Å²) in [6.45, 7) is 18.3. The number of aromatic nitrogens is 2. The molecule has 1 aromatic rings. The van der Waals surface area contributed by atoms with Gasteiger partial charge < -0.3 is 9.16 Å². The molecule has 1 N–H and O–H groups in total. The highest BCUT2D eigenvalue weighted by Gasteiger charge is 2.38. The average Bonchev–Trinajstić information content (AvgIpc) is 2.84. The van der Waals surface area contributed by atoms with Gasteiger partial charge in [0.15, 0.2) is 13.5 Å². The highest BCUT2D eigenvalue weighted by Crippen LogP contribution is 2.37. The molecule has 164 valence electrons. The zero-order valence-electron chi connectivity index (χ0n) is 18.6. The minimum absolute atomic E-state index is 0.0258. The van der Waals surface area contributed by atoms with E-state index in [0.717, 1.165) is 6.04 Å². The Bertz CT molecular complexity index is 769. The normalized spacial score (nSPS) is 13.9. The van der Waals surface area contributed by atoms with E-state index in [1.54, 1.807) is 0 Å². The van der Waals surface area contributed by atoms with E-state index in [1.807, 2.05) is 0 Å². The van der Waals surface area contributed by atoms with Crippen LogP contribution in [0.3, 0.4) is 0 Å². The van der Waals surface area contributed by atoms with Crippen LogP contribution in [-0.4, -0.2) is 48.0 Å². The first-order valence-corrected chi connectivity index (χ1v) is 17.9. The molecule has 0 atom stereocenters. The Balaban J connectivity index is 3.14. The molecule has 0 amide bonds. The Labute approximate surface area is 177 Å². The molecule has 0 aliphatic rings. The van der Waals surface area contributed by atoms with E-state index in [0.29, 0.717) is 12.3 Å². The summed E-state index contributed by atoms with van der Waals surface area (Å²) >= 11 is 6.30. The quantitative estimate of drug-likeness (QED) is 0.408. The van der Waals surface area contributed by atoms with Crippen molar-refractivity contribution in [2.45, 2.75) is 83.1 Å². The minimum atomic E-state index is -3.78. The van der Waals surface area contributed by atoms with Gasteiger partial charge in [-0.15, -0.1) is 0 Å². The Morgan fingerprint density at radius 1 is 1.18 bits per heavy atom. The summed E-state index contributed by atoms with van der Waals surface area (Å²) < 4.78 is 40.7. The first-order chi connectivity index (χ1) is 12.5. The number of halogens is 1. The fourth-order valence-corrected chi connectivity index (χ4v) is 4.82. The maximum atomic E-state index is 12.4. The molecule has 0 fully saturated rings. The average molecular weight is 470 g/mol. The summed E-state index contributed by atoms with van der Waals surface area (Å²) in [6.07, 6.45) is 0. The van der Waals surface area contributed by atoms with Gasteiger partial charge in [0.05, 0.1) is 12.3 Å². The molecule has 0 aliphatic heterocycles. The van der Waals surface area contributed by atoms with E-state index >= 15 is 0 Å². The smallest absolute Gasteiger partial charge is 0.274 e. The molecule has 11 heteroatoms. The summed E-state index contributed by atoms with van der Waals surface area (Å²) in [6, 6.07) is 0.985. The van der Waals surface area contributed by atoms with Crippen LogP contribution >= 0.6 is 11.6 Å². The topological polar surface area (TPSA) is 82.5 Å². The summed E-state index contributed by atoms with van der Waals surface area (Å²) in [5.74, 6) is 0. The number of hydrogen-bond acceptors (Lipinski definition) is 5. The van der Waals surface area contributed by atoms with Gasteiger partial charge in [0.25, 0.3) is 10.0 Å². The van der Waals surface area contributed by atoms with Crippen molar-refractivity contribution in [2.24, 2.45) is 0 Å². The zero-order chi connectivity index (χ0) is 22.0. The number of nitrogens with one attached hydrogen (secondary N) is 1. The standard InChI is InChI=1S/C17H36ClN3O4SSi2/c1-17(2,3)28(8,9)25-12-14-15(18)20-16(26(22,23)19-4)21(14)13-24-10-11-27(5,6)7/h19H,10-13H2,1-9H3. The third-order valence-corrected chi connectivity index (χ3v) is 12.9. The molecule has 0 spiro atoms. The van der Waals surface area contributed by atoms with Crippen molar-refractivity contribution in [3.05, 3.63) is 10.8 Å². The fourth-order valence-electron chi connectivity index (χ4n) is 2.00. The minimum Gasteiger partial charge on any atom is -0.411 e. The number of ether oxygens (including phenoxy) is 1. The Hall–Kier alpha value is -0.236. The molecule has 0 saturated heterocycles. The van der Waals surface area contributed by atoms with E-state index in [2.05, 4.69) is 63.2 Å². The van der Waals surface area contributed by atoms with Crippen LogP contribution in [0.4, 0.5) is 0 Å². The summed E-state index contributed by atoms with van der Waals surface area (Å²) in [5, 5.41) is 0.000991. The molecule has 0 radical (unpaired) electrons. The van der Waals surface area contributed by atoms with Crippen molar-refractivity contribution < 1.29 is 17.6 Å². The van der Waals surface area contributed by atoms with E-state index in [9.17, 15) is 8.42 Å². The highest BCUT2D eigenvalue weighted by atomic mass is 35.5. The lowest BCUT2D eigenvalue weighted by Gasteiger charge is -2.36. The van der Waals surface area contributed by atoms with Gasteiger partial charge >= 0.3 is 0 Å². The summed E-state index contributed by atoms with van der Waals surface area (Å²) in [7, 11) is -5.72. The number of imidazole rings is 1. The monoisotopic (exact) mass is 469 g/mol. The molecule has 7 nitrogen and oxygen atoms in total. The van der Waals surface area contributed by atoms with E-state index in [-0.39, 0.29) is 28.7 Å². The maximum Gasteiger partial charge on any atom is 0.274 e. The molecular weight excluding hydrogens is 434 g/mol. The predicted octanol–water partition coefficient (Wildman–Crippen LogP) is 4.28. The Morgan fingerprint density at radius 3 is 2.21 bits per heavy atom. The van der Waals surface area contributed by atoms with Crippen LogP contribution < -0.4 is 4.72 Å². The highest BCUT2D eigenvalue weighted by molar-refractivity contribution is 7.89. The van der Waals surface area contributed by atoms with Gasteiger partial charge in [-0.05, 0) is 31.2 Å². The molecule has 0 unspecified atom stereocenters. The van der Waals surface area contributed by atoms with E-state index in [1.165, 1.54) is 11.6 Å². The Morgan fingerprint density at radius 2 is 1.75 bits per heavy atom. The van der Waals surface area contributed by atoms with Gasteiger partial charge in [0.1, 0.15) is 6.73 Å². The first-order valence-electron chi connectivity index (χ1n) is 9.42. The summed E-state index contributed by atoms with van der Waals surface area (Å²) in [5.41, 5.74) is 0.522. The summed E-state index contributed by atoms with van der Waals surface area (Å²) in [4.78, 5) is 4.09. The second-order valence-electron chi connectivity index (χ2n) is 9.66. The van der Waals surface area contributed by atoms with Crippen molar-refractivity contribution in [1.29, 1.82) is 0 Å². The number of rotatable bonds is 10. The molecule has 1 heterocycles. The lowest BCUT2D eigenvalue weighted by Crippen LogP contribution is -2.40. The van der Waals surface area contributed by atoms with E-state index < -0.39 is 26.4 Å². The lowest BCUT2D eigenvalue weighted by atomic mass is 10.2. The molecule has 28 heavy (non-hydrogen) atoms. The van der Waals surface area contributed by atoms with Crippen molar-refractivity contribution in [3.63, 3.8) is 0 Å². The zero-order valence-corrected chi connectivity index (χ0v) is 22.2. The van der Waals surface area contributed by atoms with Crippen molar-refractivity contribution in [1.82, 2.24) is 14.3 Å². The molecular formula is C17H36ClN3O4SSi2. The first kappa shape index (κ1) is 25.8. The molecule has 0 aliphatic carbocycles. The van der Waals surface area contributed by atoms with Crippen LogP contribution in [0.2, 0.25) is 49.0 Å². The predicted molar refractivity (Wildman–Crippen MR) is 120 cm³/mol. The Kier molecular flexibility index (Phi) is 8.55. The fraction of sp³-hybridized carbons (Fsp3) is 0.824. The third-order valence-electron chi connectivity index (χ3n) is 5.09. The second-order valence-corrected chi connectivity index (χ2v) is 22.2. The number of sulfonamides is 1. The molecule has 0 bridgehead atoms. The number of nitrogens with zero attached hydrogens (tertiary/aromatic N) is 2. The number of hydrogen-bond donors (Lipinski definition) is 1. The van der Waals surface area contributed by atoms with Gasteiger partial charge in [0, 0.05) is 14.7 Å². The lowest BCUT2D eigenvalue weighted by molar-refractivity contribution is 0.0760. The molecule has 1 rings (SSSR count). The largest absolute Gasteiger partial charge is 0.411 e. The van der Waals surface area contributed by atoms with Crippen LogP contribution in [0.15, 0.2) is 5.16 Å². The van der Waals surface area contributed by atoms with Crippen molar-refractivity contribution >= 4 is 38.0 Å². The van der Waals surface area contributed by atoms with Crippen LogP contribution in [0, 0.1) is 0 Å². The van der Waals surface area contributed by atoms with Gasteiger partial charge in [0.2, 0.25) is 5.16 Å². The van der Waals surface area contributed by atoms with Gasteiger partial charge in [-0.2, -0.15) is 0 Å². The molecule has 1 aromatic heterocycles. The van der Waals surface area contributed by atoms with Crippen LogP contribution in [0.1, 0.15) is 26.5 Å². The van der Waals surface area contributed by atoms with E-state index in [4.69, 9.17) is 20.8 Å². The molecule has 0 saturated carbocycles. The van der Waals surface area contributed by atoms with Crippen LogP contribution in [0.25, 0.3) is 0 Å². The SMILES string of the molecule is CNS(=O)(=O)c1nc(Cl)c(CO[Si](C)(C)C(C)(C)C)n1COCC[Si](C)(C)C. The molecule has 0 aromatic carbocycles. The van der Waals surface area contributed by atoms with Gasteiger partial charge in [-0.1, -0.05) is 52.0 Å². The third kappa shape index (κ3) is 6.93.